The van der Waals surface area contributed by atoms with Gasteiger partial charge in [0.25, 0.3) is 11.8 Å². The van der Waals surface area contributed by atoms with Crippen LogP contribution in [0.5, 0.6) is 17.2 Å². The number of hydrogen-bond acceptors (Lipinski definition) is 22. The Balaban J connectivity index is 0.998. The van der Waals surface area contributed by atoms with Gasteiger partial charge in [-0.3, -0.25) is 57.6 Å². The number of primary amides is 1. The molecule has 28 heteroatoms. The Morgan fingerprint density at radius 2 is 1.35 bits per heavy atom. The van der Waals surface area contributed by atoms with Gasteiger partial charge in [-0.05, 0) is 32.3 Å². The fourth-order valence-corrected chi connectivity index (χ4v) is 10.7. The number of carbonyl (C=O) groups excluding carboxylic acids is 11. The number of ketones is 4. The molecule has 4 aliphatic rings. The summed E-state index contributed by atoms with van der Waals surface area (Å²) in [5, 5.41) is 56.0. The quantitative estimate of drug-likeness (QED) is 0.0212. The summed E-state index contributed by atoms with van der Waals surface area (Å²) in [5.74, 6) is -11.1. The number of nitrogens with zero attached hydrogens (tertiary/aromatic N) is 1. The number of aliphatic hydroxyl groups excluding tert-OH is 1. The number of fused-ring (bicyclic) bond motifs is 3. The van der Waals surface area contributed by atoms with Gasteiger partial charge in [0.1, 0.15) is 53.4 Å². The van der Waals surface area contributed by atoms with Crippen LogP contribution in [0.1, 0.15) is 129 Å². The average molecular weight is 1240 g/mol. The highest BCUT2D eigenvalue weighted by atomic mass is 16.7. The Bertz CT molecular complexity index is 2990. The largest absolute Gasteiger partial charge is 0.507 e. The molecule has 28 nitrogen and oxygen atoms in total. The number of nitrogens with two attached hydrogens (primary N) is 1. The van der Waals surface area contributed by atoms with E-state index in [2.05, 4.69) is 21.3 Å². The maximum atomic E-state index is 14.3. The van der Waals surface area contributed by atoms with Crippen LogP contribution in [0.3, 0.4) is 0 Å². The van der Waals surface area contributed by atoms with E-state index < -0.39 is 155 Å². The van der Waals surface area contributed by atoms with Crippen LogP contribution in [0.4, 0.5) is 0 Å². The van der Waals surface area contributed by atoms with Gasteiger partial charge in [-0.25, -0.2) is 0 Å². The van der Waals surface area contributed by atoms with E-state index in [1.54, 1.807) is 27.7 Å². The minimum absolute atomic E-state index is 0.00185. The number of aliphatic hydroxyl groups is 2. The first kappa shape index (κ1) is 69.5. The van der Waals surface area contributed by atoms with Crippen molar-refractivity contribution in [1.82, 2.24) is 26.2 Å². The van der Waals surface area contributed by atoms with Crippen LogP contribution in [-0.4, -0.2) is 205 Å². The van der Waals surface area contributed by atoms with Gasteiger partial charge in [-0.1, -0.05) is 39.8 Å². The summed E-state index contributed by atoms with van der Waals surface area (Å²) in [4.78, 5) is 145. The van der Waals surface area contributed by atoms with Gasteiger partial charge in [0.2, 0.25) is 35.3 Å². The molecule has 0 spiro atoms. The standard InChI is InChI=1S/C60H80N6O22/c1-30(2)23-39(65-59(80)40(25-44(61)70)64-57(78)33(5)62-56(77)31(3)24-35(68)13-15-83-17-19-85-21-22-86-20-18-84-16-14-66-45(71)11-12-46(66)72)58(79)63-38-26-47(87-34(6)32(38)4)88-42-28-60(81,43(69)29-67)27-37-49(42)55(76)51-50(53(37)74)52(73)36-9-8-10-41(82-7)48(36)54(51)75/h8-12,30-34,38-40,42,47,67,74,76,81H,13-29H2,1-7H3,(H2,61,70)(H,62,77)(H,63,79)(H,64,78)(H,65,80)/t31-,32+,33+,34-,38-,39?,40+,42-,47-,60-/m0/s1. The smallest absolute Gasteiger partial charge is 0.253 e. The highest BCUT2D eigenvalue weighted by molar-refractivity contribution is 6.31. The summed E-state index contributed by atoms with van der Waals surface area (Å²) in [6.45, 7) is 10.6. The number of ether oxygens (including phenoxy) is 7. The lowest BCUT2D eigenvalue weighted by Crippen LogP contribution is -2.59. The number of imide groups is 1. The van der Waals surface area contributed by atoms with Gasteiger partial charge in [-0.15, -0.1) is 0 Å². The van der Waals surface area contributed by atoms with Crippen LogP contribution in [0.2, 0.25) is 0 Å². The van der Waals surface area contributed by atoms with E-state index in [0.29, 0.717) is 0 Å². The first-order valence-corrected chi connectivity index (χ1v) is 29.1. The molecule has 1 saturated heterocycles. The van der Waals surface area contributed by atoms with Crippen LogP contribution in [0, 0.1) is 17.8 Å². The second-order valence-electron chi connectivity index (χ2n) is 22.6. The number of nitrogens with one attached hydrogen (secondary N) is 4. The third kappa shape index (κ3) is 17.4. The lowest BCUT2D eigenvalue weighted by molar-refractivity contribution is -0.238. The summed E-state index contributed by atoms with van der Waals surface area (Å²) in [7, 11) is 1.28. The molecule has 0 saturated carbocycles. The maximum absolute atomic E-state index is 14.3. The number of hydrogen-bond donors (Lipinski definition) is 9. The fourth-order valence-electron chi connectivity index (χ4n) is 10.7. The summed E-state index contributed by atoms with van der Waals surface area (Å²) in [6, 6.07) is -0.717. The topological polar surface area (TPSA) is 411 Å². The molecule has 2 aromatic rings. The highest BCUT2D eigenvalue weighted by Crippen LogP contribution is 2.52. The summed E-state index contributed by atoms with van der Waals surface area (Å²) < 4.78 is 39.7. The first-order valence-electron chi connectivity index (χ1n) is 29.1. The normalized spacial score (nSPS) is 21.8. The van der Waals surface area contributed by atoms with Crippen molar-refractivity contribution >= 4 is 64.5 Å². The Hall–Kier alpha value is -7.57. The number of carbonyl (C=O) groups is 11. The molecule has 88 heavy (non-hydrogen) atoms. The zero-order valence-corrected chi connectivity index (χ0v) is 50.3. The van der Waals surface area contributed by atoms with E-state index in [0.717, 1.165) is 4.90 Å². The molecule has 2 aliphatic heterocycles. The molecule has 2 heterocycles. The second kappa shape index (κ2) is 31.6. The number of phenolic OH excluding ortho intramolecular Hbond substituents is 2. The summed E-state index contributed by atoms with van der Waals surface area (Å²) in [5.41, 5.74) is 1.10. The van der Waals surface area contributed by atoms with Crippen molar-refractivity contribution in [1.29, 1.82) is 0 Å². The van der Waals surface area contributed by atoms with Crippen molar-refractivity contribution < 1.29 is 106 Å². The number of phenols is 2. The molecule has 1 unspecified atom stereocenters. The minimum atomic E-state index is -2.42. The Kier molecular flexibility index (Phi) is 24.9. The highest BCUT2D eigenvalue weighted by Gasteiger charge is 2.50. The van der Waals surface area contributed by atoms with Crippen LogP contribution in [0.25, 0.3) is 0 Å². The van der Waals surface area contributed by atoms with Crippen LogP contribution in [0.15, 0.2) is 30.4 Å². The molecule has 7 amide bonds. The predicted molar refractivity (Wildman–Crippen MR) is 306 cm³/mol. The molecule has 482 valence electrons. The van der Waals surface area contributed by atoms with Crippen LogP contribution >= 0.6 is 0 Å². The molecule has 0 radical (unpaired) electrons. The molecule has 1 fully saturated rings. The van der Waals surface area contributed by atoms with Gasteiger partial charge < -0.3 is 80.6 Å². The number of Topliss-reactive ketones (excluding diaryl/α,β-unsaturated/α-hetero) is 2. The van der Waals surface area contributed by atoms with Gasteiger partial charge in [0.05, 0.1) is 102 Å². The maximum Gasteiger partial charge on any atom is 0.253 e. The Morgan fingerprint density at radius 3 is 1.95 bits per heavy atom. The number of amides is 7. The van der Waals surface area contributed by atoms with Gasteiger partial charge in [0, 0.05) is 78.8 Å². The summed E-state index contributed by atoms with van der Waals surface area (Å²) >= 11 is 0. The average Bonchev–Trinajstić information content (AvgIpc) is 0.961. The SMILES string of the molecule is COc1cccc2c1C(=O)c1c(O)c3c(c(O)c1C2=O)C[C@@](O)(C(=O)CO)C[C@@H]3O[C@H]1C[C@H](NC(=O)C(CC(C)C)NC(=O)[C@@H](CC(N)=O)NC(=O)[C@@H](C)NC(=O)[C@@H](C)CC(=O)CCOCCOCCOCCOCCN2C(=O)C=CC2=O)[C@H](C)[C@H](C)O1. The molecule has 2 aliphatic carbocycles. The van der Waals surface area contributed by atoms with Gasteiger partial charge in [-0.2, -0.15) is 0 Å². The van der Waals surface area contributed by atoms with Crippen molar-refractivity contribution in [2.24, 2.45) is 23.5 Å². The third-order valence-corrected chi connectivity index (χ3v) is 15.7. The predicted octanol–water partition coefficient (Wildman–Crippen LogP) is -0.193. The lowest BCUT2D eigenvalue weighted by atomic mass is 9.72. The zero-order chi connectivity index (χ0) is 64.7. The Labute approximate surface area is 507 Å². The van der Waals surface area contributed by atoms with E-state index in [1.165, 1.54) is 51.3 Å². The van der Waals surface area contributed by atoms with E-state index >= 15 is 0 Å². The van der Waals surface area contributed by atoms with E-state index in [1.807, 2.05) is 0 Å². The van der Waals surface area contributed by atoms with Crippen molar-refractivity contribution in [2.45, 2.75) is 135 Å². The molecule has 10 N–H and O–H groups in total. The van der Waals surface area contributed by atoms with Crippen LogP contribution < -0.4 is 31.7 Å². The van der Waals surface area contributed by atoms with Crippen molar-refractivity contribution in [2.75, 3.05) is 73.1 Å². The number of benzene rings is 2. The number of aromatic hydroxyl groups is 2. The molecular formula is C60H80N6O22. The monoisotopic (exact) mass is 1240 g/mol. The van der Waals surface area contributed by atoms with E-state index in [4.69, 9.17) is 38.9 Å². The molecule has 10 atom stereocenters. The van der Waals surface area contributed by atoms with Crippen LogP contribution in [-0.2, 0) is 78.0 Å². The second-order valence-corrected chi connectivity index (χ2v) is 22.6. The van der Waals surface area contributed by atoms with E-state index in [-0.39, 0.29) is 137 Å². The van der Waals surface area contributed by atoms with Crippen molar-refractivity contribution in [3.05, 3.63) is 63.7 Å². The van der Waals surface area contributed by atoms with Gasteiger partial charge >= 0.3 is 0 Å². The molecule has 0 aromatic heterocycles. The Morgan fingerprint density at radius 1 is 0.750 bits per heavy atom. The lowest BCUT2D eigenvalue weighted by Gasteiger charge is -2.43. The number of methoxy groups -OCH3 is 1. The zero-order valence-electron chi connectivity index (χ0n) is 50.3. The third-order valence-electron chi connectivity index (χ3n) is 15.7. The first-order chi connectivity index (χ1) is 41.7. The summed E-state index contributed by atoms with van der Waals surface area (Å²) in [6.07, 6.45) is -3.40. The number of rotatable bonds is 34. The molecule has 2 aromatic carbocycles. The molecule has 6 rings (SSSR count). The molecule has 0 bridgehead atoms. The minimum Gasteiger partial charge on any atom is -0.507 e. The fraction of sp³-hybridized carbons (Fsp3) is 0.583. The van der Waals surface area contributed by atoms with Gasteiger partial charge in [0.15, 0.2) is 17.9 Å². The van der Waals surface area contributed by atoms with Crippen molar-refractivity contribution in [3.63, 3.8) is 0 Å². The van der Waals surface area contributed by atoms with E-state index in [9.17, 15) is 73.2 Å². The molecular weight excluding hydrogens is 1160 g/mol. The van der Waals surface area contributed by atoms with Crippen molar-refractivity contribution in [3.8, 4) is 17.2 Å².